The first kappa shape index (κ1) is 10.2. The molecule has 3 atom stereocenters. The lowest BCUT2D eigenvalue weighted by molar-refractivity contribution is -0.131. The molecule has 0 aromatic heterocycles. The number of carbonyl (C=O) groups excluding carboxylic acids is 1. The molecule has 0 saturated heterocycles. The van der Waals surface area contributed by atoms with Crippen LogP contribution >= 0.6 is 11.8 Å². The molecule has 1 aromatic rings. The largest absolute Gasteiger partial charge is 0.299 e. The molecule has 4 rings (SSSR count). The van der Waals surface area contributed by atoms with Crippen molar-refractivity contribution in [1.82, 2.24) is 0 Å². The van der Waals surface area contributed by atoms with Crippen LogP contribution in [0, 0.1) is 17.3 Å². The lowest BCUT2D eigenvalue weighted by Gasteiger charge is -2.39. The lowest BCUT2D eigenvalue weighted by atomic mass is 9.69. The molecule has 1 spiro atoms. The molecule has 1 nitrogen and oxygen atoms in total. The molecule has 3 aliphatic rings. The van der Waals surface area contributed by atoms with E-state index in [1.165, 1.54) is 23.3 Å². The Kier molecular flexibility index (Phi) is 2.03. The van der Waals surface area contributed by atoms with Crippen LogP contribution < -0.4 is 0 Å². The summed E-state index contributed by atoms with van der Waals surface area (Å²) in [5.41, 5.74) is 1.42. The molecule has 88 valence electrons. The number of rotatable bonds is 0. The molecule has 0 N–H and O–H groups in total. The van der Waals surface area contributed by atoms with Crippen molar-refractivity contribution in [2.75, 3.05) is 5.75 Å². The van der Waals surface area contributed by atoms with Crippen LogP contribution in [0.15, 0.2) is 29.2 Å². The number of fused-ring (bicyclic) bond motifs is 4. The van der Waals surface area contributed by atoms with Gasteiger partial charge in [-0.05, 0) is 43.2 Å². The zero-order valence-corrected chi connectivity index (χ0v) is 10.6. The summed E-state index contributed by atoms with van der Waals surface area (Å²) in [4.78, 5) is 13.9. The SMILES string of the molecule is O=C1[C@H]2CC[C@H](C2)[C@@]12CSc1ccccc1C2. The first-order valence-corrected chi connectivity index (χ1v) is 7.53. The van der Waals surface area contributed by atoms with Gasteiger partial charge in [-0.2, -0.15) is 0 Å². The molecular formula is C15H16OS. The van der Waals surface area contributed by atoms with Crippen LogP contribution in [0.3, 0.4) is 0 Å². The lowest BCUT2D eigenvalue weighted by Crippen LogP contribution is -2.42. The van der Waals surface area contributed by atoms with Crippen LogP contribution in [0.2, 0.25) is 0 Å². The molecule has 1 aromatic carbocycles. The van der Waals surface area contributed by atoms with Crippen molar-refractivity contribution in [1.29, 1.82) is 0 Å². The second-order valence-electron chi connectivity index (χ2n) is 5.80. The van der Waals surface area contributed by atoms with E-state index < -0.39 is 0 Å². The van der Waals surface area contributed by atoms with Crippen molar-refractivity contribution >= 4 is 17.5 Å². The second kappa shape index (κ2) is 3.38. The summed E-state index contributed by atoms with van der Waals surface area (Å²) < 4.78 is 0. The van der Waals surface area contributed by atoms with Crippen molar-refractivity contribution in [2.45, 2.75) is 30.6 Å². The minimum absolute atomic E-state index is 0.0158. The van der Waals surface area contributed by atoms with Gasteiger partial charge in [0.2, 0.25) is 0 Å². The van der Waals surface area contributed by atoms with Crippen molar-refractivity contribution in [3.05, 3.63) is 29.8 Å². The van der Waals surface area contributed by atoms with Gasteiger partial charge in [0.05, 0.1) is 0 Å². The van der Waals surface area contributed by atoms with Crippen molar-refractivity contribution in [2.24, 2.45) is 17.3 Å². The van der Waals surface area contributed by atoms with Gasteiger partial charge in [0.25, 0.3) is 0 Å². The van der Waals surface area contributed by atoms with Crippen LogP contribution in [0.25, 0.3) is 0 Å². The fraction of sp³-hybridized carbons (Fsp3) is 0.533. The molecule has 2 aliphatic carbocycles. The van der Waals surface area contributed by atoms with E-state index in [0.717, 1.165) is 18.6 Å². The summed E-state index contributed by atoms with van der Waals surface area (Å²) in [7, 11) is 0. The van der Waals surface area contributed by atoms with Gasteiger partial charge in [-0.3, -0.25) is 4.79 Å². The van der Waals surface area contributed by atoms with E-state index in [9.17, 15) is 4.79 Å². The van der Waals surface area contributed by atoms with E-state index in [4.69, 9.17) is 0 Å². The fourth-order valence-corrected chi connectivity index (χ4v) is 5.53. The smallest absolute Gasteiger partial charge is 0.143 e. The third-order valence-electron chi connectivity index (χ3n) is 5.04. The Morgan fingerprint density at radius 1 is 1.24 bits per heavy atom. The normalized spacial score (nSPS) is 38.7. The van der Waals surface area contributed by atoms with E-state index in [1.807, 2.05) is 11.8 Å². The fourth-order valence-electron chi connectivity index (χ4n) is 4.14. The Hall–Kier alpha value is -0.760. The van der Waals surface area contributed by atoms with Crippen LogP contribution in [0.1, 0.15) is 24.8 Å². The van der Waals surface area contributed by atoms with Crippen LogP contribution in [-0.2, 0) is 11.2 Å². The van der Waals surface area contributed by atoms with Crippen LogP contribution in [-0.4, -0.2) is 11.5 Å². The van der Waals surface area contributed by atoms with E-state index in [-0.39, 0.29) is 5.41 Å². The number of ketones is 1. The maximum absolute atomic E-state index is 12.5. The number of thioether (sulfide) groups is 1. The topological polar surface area (TPSA) is 17.1 Å². The monoisotopic (exact) mass is 244 g/mol. The molecule has 2 saturated carbocycles. The maximum Gasteiger partial charge on any atom is 0.143 e. The number of Topliss-reactive ketones (excluding diaryl/α,β-unsaturated/α-hetero) is 1. The molecule has 1 aliphatic heterocycles. The summed E-state index contributed by atoms with van der Waals surface area (Å²) >= 11 is 1.91. The van der Waals surface area contributed by atoms with E-state index >= 15 is 0 Å². The highest BCUT2D eigenvalue weighted by molar-refractivity contribution is 7.99. The average molecular weight is 244 g/mol. The van der Waals surface area contributed by atoms with Gasteiger partial charge in [-0.25, -0.2) is 0 Å². The molecule has 17 heavy (non-hydrogen) atoms. The minimum Gasteiger partial charge on any atom is -0.299 e. The van der Waals surface area contributed by atoms with Crippen molar-refractivity contribution < 1.29 is 4.79 Å². The molecular weight excluding hydrogens is 228 g/mol. The summed E-state index contributed by atoms with van der Waals surface area (Å²) in [6.07, 6.45) is 4.65. The Bertz CT molecular complexity index is 495. The van der Waals surface area contributed by atoms with Gasteiger partial charge in [0.1, 0.15) is 5.78 Å². The van der Waals surface area contributed by atoms with E-state index in [2.05, 4.69) is 24.3 Å². The standard InChI is InChI=1S/C15H16OS/c16-14-10-5-6-12(7-10)15(14)8-11-3-1-2-4-13(11)17-9-15/h1-4,10,12H,5-9H2/t10-,12+,15+/m0/s1. The van der Waals surface area contributed by atoms with Crippen molar-refractivity contribution in [3.63, 3.8) is 0 Å². The Morgan fingerprint density at radius 3 is 2.94 bits per heavy atom. The van der Waals surface area contributed by atoms with Gasteiger partial charge in [-0.1, -0.05) is 18.2 Å². The molecule has 1 heterocycles. The zero-order valence-electron chi connectivity index (χ0n) is 9.82. The maximum atomic E-state index is 12.5. The van der Waals surface area contributed by atoms with Gasteiger partial charge in [0.15, 0.2) is 0 Å². The third-order valence-corrected chi connectivity index (χ3v) is 6.41. The molecule has 2 heteroatoms. The molecule has 2 bridgehead atoms. The predicted molar refractivity (Wildman–Crippen MR) is 69.1 cm³/mol. The summed E-state index contributed by atoms with van der Waals surface area (Å²) in [5, 5.41) is 0. The van der Waals surface area contributed by atoms with E-state index in [0.29, 0.717) is 17.6 Å². The van der Waals surface area contributed by atoms with Gasteiger partial charge in [-0.15, -0.1) is 11.8 Å². The molecule has 2 fully saturated rings. The highest BCUT2D eigenvalue weighted by Crippen LogP contribution is 2.58. The average Bonchev–Trinajstić information content (AvgIpc) is 2.94. The van der Waals surface area contributed by atoms with E-state index in [1.54, 1.807) is 0 Å². The molecule has 0 unspecified atom stereocenters. The Balaban J connectivity index is 1.76. The first-order valence-electron chi connectivity index (χ1n) is 6.55. The first-order chi connectivity index (χ1) is 8.29. The highest BCUT2D eigenvalue weighted by atomic mass is 32.2. The van der Waals surface area contributed by atoms with Gasteiger partial charge >= 0.3 is 0 Å². The third kappa shape index (κ3) is 1.25. The Morgan fingerprint density at radius 2 is 2.12 bits per heavy atom. The highest BCUT2D eigenvalue weighted by Gasteiger charge is 2.58. The molecule has 0 amide bonds. The number of benzene rings is 1. The number of hydrogen-bond donors (Lipinski definition) is 0. The summed E-state index contributed by atoms with van der Waals surface area (Å²) in [5.74, 6) is 2.71. The summed E-state index contributed by atoms with van der Waals surface area (Å²) in [6.45, 7) is 0. The second-order valence-corrected chi connectivity index (χ2v) is 6.82. The van der Waals surface area contributed by atoms with Gasteiger partial charge < -0.3 is 0 Å². The molecule has 0 radical (unpaired) electrons. The van der Waals surface area contributed by atoms with Gasteiger partial charge in [0, 0.05) is 22.0 Å². The van der Waals surface area contributed by atoms with Crippen molar-refractivity contribution in [3.8, 4) is 0 Å². The summed E-state index contributed by atoms with van der Waals surface area (Å²) in [6, 6.07) is 8.62. The minimum atomic E-state index is 0.0158. The number of carbonyl (C=O) groups is 1. The van der Waals surface area contributed by atoms with Crippen LogP contribution in [0.5, 0.6) is 0 Å². The zero-order chi connectivity index (χ0) is 11.5. The Labute approximate surface area is 106 Å². The predicted octanol–water partition coefficient (Wildman–Crippen LogP) is 3.32. The number of hydrogen-bond acceptors (Lipinski definition) is 2. The van der Waals surface area contributed by atoms with Crippen LogP contribution in [0.4, 0.5) is 0 Å². The quantitative estimate of drug-likeness (QED) is 0.696.